The zero-order valence-electron chi connectivity index (χ0n) is 11.2. The lowest BCUT2D eigenvalue weighted by atomic mass is 10.2. The summed E-state index contributed by atoms with van der Waals surface area (Å²) in [6.45, 7) is 0. The molecule has 0 aliphatic heterocycles. The molecular formula is C15H13BrN2O2S. The Labute approximate surface area is 136 Å². The fraction of sp³-hybridized carbons (Fsp3) is 0.0667. The van der Waals surface area contributed by atoms with Crippen LogP contribution in [-0.4, -0.2) is 18.1 Å². The molecule has 108 valence electrons. The van der Waals surface area contributed by atoms with E-state index in [-0.39, 0.29) is 11.0 Å². The molecule has 2 aromatic rings. The van der Waals surface area contributed by atoms with Gasteiger partial charge in [-0.2, -0.15) is 0 Å². The predicted molar refractivity (Wildman–Crippen MR) is 90.8 cm³/mol. The summed E-state index contributed by atoms with van der Waals surface area (Å²) in [5.74, 6) is 0.382. The number of amides is 1. The Morgan fingerprint density at radius 3 is 2.48 bits per heavy atom. The van der Waals surface area contributed by atoms with Crippen LogP contribution >= 0.6 is 28.1 Å². The van der Waals surface area contributed by atoms with Crippen molar-refractivity contribution >= 4 is 44.9 Å². The van der Waals surface area contributed by atoms with Crippen LogP contribution in [-0.2, 0) is 0 Å². The molecule has 6 heteroatoms. The Hall–Kier alpha value is -1.92. The molecule has 0 atom stereocenters. The Kier molecular flexibility index (Phi) is 5.30. The van der Waals surface area contributed by atoms with Crippen molar-refractivity contribution in [1.82, 2.24) is 5.32 Å². The quantitative estimate of drug-likeness (QED) is 0.817. The molecule has 0 radical (unpaired) electrons. The van der Waals surface area contributed by atoms with Crippen molar-refractivity contribution in [2.24, 2.45) is 0 Å². The first kappa shape index (κ1) is 15.5. The van der Waals surface area contributed by atoms with Gasteiger partial charge in [-0.15, -0.1) is 0 Å². The third kappa shape index (κ3) is 4.27. The zero-order chi connectivity index (χ0) is 15.2. The Morgan fingerprint density at radius 2 is 1.81 bits per heavy atom. The summed E-state index contributed by atoms with van der Waals surface area (Å²) in [6, 6.07) is 14.4. The molecule has 2 rings (SSSR count). The molecule has 0 bridgehead atoms. The Balaban J connectivity index is 2.01. The molecule has 0 spiro atoms. The number of carbonyl (C=O) groups is 1. The molecule has 0 aliphatic carbocycles. The van der Waals surface area contributed by atoms with Crippen molar-refractivity contribution in [2.45, 2.75) is 0 Å². The number of para-hydroxylation sites is 2. The van der Waals surface area contributed by atoms with Crippen molar-refractivity contribution in [2.75, 3.05) is 12.4 Å². The van der Waals surface area contributed by atoms with Crippen LogP contribution in [0.4, 0.5) is 5.69 Å². The molecule has 0 heterocycles. The number of rotatable bonds is 3. The normalized spacial score (nSPS) is 9.81. The van der Waals surface area contributed by atoms with Crippen LogP contribution in [0.25, 0.3) is 0 Å². The fourth-order valence-electron chi connectivity index (χ4n) is 1.68. The van der Waals surface area contributed by atoms with Gasteiger partial charge in [0.2, 0.25) is 0 Å². The van der Waals surface area contributed by atoms with Gasteiger partial charge >= 0.3 is 0 Å². The largest absolute Gasteiger partial charge is 0.495 e. The minimum Gasteiger partial charge on any atom is -0.495 e. The standard InChI is InChI=1S/C15H13BrN2O2S/c1-20-13-5-3-2-4-12(13)17-15(21)18-14(19)10-6-8-11(16)9-7-10/h2-9H,1H3,(H2,17,18,19,21). The average Bonchev–Trinajstić information content (AvgIpc) is 2.48. The number of anilines is 1. The van der Waals surface area contributed by atoms with E-state index in [2.05, 4.69) is 26.6 Å². The maximum Gasteiger partial charge on any atom is 0.257 e. The lowest BCUT2D eigenvalue weighted by Crippen LogP contribution is -2.34. The van der Waals surface area contributed by atoms with Crippen LogP contribution < -0.4 is 15.4 Å². The van der Waals surface area contributed by atoms with Gasteiger partial charge in [-0.05, 0) is 48.6 Å². The number of carbonyl (C=O) groups excluding carboxylic acids is 1. The summed E-state index contributed by atoms with van der Waals surface area (Å²) in [7, 11) is 1.57. The molecule has 0 fully saturated rings. The minimum absolute atomic E-state index is 0.215. The molecule has 0 saturated carbocycles. The number of methoxy groups -OCH3 is 1. The van der Waals surface area contributed by atoms with Crippen molar-refractivity contribution < 1.29 is 9.53 Å². The van der Waals surface area contributed by atoms with Crippen LogP contribution in [0.5, 0.6) is 5.75 Å². The lowest BCUT2D eigenvalue weighted by molar-refractivity contribution is 0.0977. The van der Waals surface area contributed by atoms with Crippen LogP contribution in [0, 0.1) is 0 Å². The van der Waals surface area contributed by atoms with Crippen LogP contribution in [0.15, 0.2) is 53.0 Å². The van der Waals surface area contributed by atoms with Gasteiger partial charge in [0.15, 0.2) is 5.11 Å². The van der Waals surface area contributed by atoms with Gasteiger partial charge in [-0.25, -0.2) is 0 Å². The van der Waals surface area contributed by atoms with Gasteiger partial charge < -0.3 is 10.1 Å². The van der Waals surface area contributed by atoms with Crippen molar-refractivity contribution in [3.8, 4) is 5.75 Å². The average molecular weight is 365 g/mol. The number of ether oxygens (including phenoxy) is 1. The van der Waals surface area contributed by atoms with Crippen molar-refractivity contribution in [3.63, 3.8) is 0 Å². The van der Waals surface area contributed by atoms with Crippen LogP contribution in [0.1, 0.15) is 10.4 Å². The zero-order valence-corrected chi connectivity index (χ0v) is 13.6. The number of halogens is 1. The Morgan fingerprint density at radius 1 is 1.14 bits per heavy atom. The van der Waals surface area contributed by atoms with E-state index in [4.69, 9.17) is 17.0 Å². The second kappa shape index (κ2) is 7.19. The molecular weight excluding hydrogens is 352 g/mol. The van der Waals surface area contributed by atoms with E-state index in [0.717, 1.165) is 4.47 Å². The van der Waals surface area contributed by atoms with E-state index in [1.807, 2.05) is 24.3 Å². The highest BCUT2D eigenvalue weighted by molar-refractivity contribution is 9.10. The second-order valence-electron chi connectivity index (χ2n) is 4.12. The third-order valence-electron chi connectivity index (χ3n) is 2.69. The molecule has 0 saturated heterocycles. The summed E-state index contributed by atoms with van der Waals surface area (Å²) in [4.78, 5) is 12.0. The second-order valence-corrected chi connectivity index (χ2v) is 5.44. The molecule has 0 unspecified atom stereocenters. The number of thiocarbonyl (C=S) groups is 1. The first-order valence-corrected chi connectivity index (χ1v) is 7.31. The first-order valence-electron chi connectivity index (χ1n) is 6.11. The maximum atomic E-state index is 12.0. The summed E-state index contributed by atoms with van der Waals surface area (Å²) >= 11 is 8.46. The topological polar surface area (TPSA) is 50.4 Å². The van der Waals surface area contributed by atoms with Crippen molar-refractivity contribution in [1.29, 1.82) is 0 Å². The van der Waals surface area contributed by atoms with Crippen LogP contribution in [0.2, 0.25) is 0 Å². The predicted octanol–water partition coefficient (Wildman–Crippen LogP) is 3.58. The third-order valence-corrected chi connectivity index (χ3v) is 3.42. The minimum atomic E-state index is -0.269. The summed E-state index contributed by atoms with van der Waals surface area (Å²) in [5, 5.41) is 5.78. The van der Waals surface area contributed by atoms with Gasteiger partial charge in [0.25, 0.3) is 5.91 Å². The number of benzene rings is 2. The molecule has 21 heavy (non-hydrogen) atoms. The van der Waals surface area contributed by atoms with Gasteiger partial charge in [-0.1, -0.05) is 28.1 Å². The highest BCUT2D eigenvalue weighted by atomic mass is 79.9. The van der Waals surface area contributed by atoms with E-state index in [1.165, 1.54) is 0 Å². The van der Waals surface area contributed by atoms with Crippen molar-refractivity contribution in [3.05, 3.63) is 58.6 Å². The lowest BCUT2D eigenvalue weighted by Gasteiger charge is -2.12. The van der Waals surface area contributed by atoms with E-state index in [9.17, 15) is 4.79 Å². The Bertz CT molecular complexity index is 659. The number of hydrogen-bond acceptors (Lipinski definition) is 3. The fourth-order valence-corrected chi connectivity index (χ4v) is 2.15. The number of nitrogens with one attached hydrogen (secondary N) is 2. The molecule has 1 amide bonds. The highest BCUT2D eigenvalue weighted by Crippen LogP contribution is 2.22. The molecule has 4 nitrogen and oxygen atoms in total. The van der Waals surface area contributed by atoms with E-state index in [1.54, 1.807) is 31.4 Å². The summed E-state index contributed by atoms with van der Waals surface area (Å²) < 4.78 is 6.12. The van der Waals surface area contributed by atoms with Crippen LogP contribution in [0.3, 0.4) is 0 Å². The van der Waals surface area contributed by atoms with Gasteiger partial charge in [0, 0.05) is 10.0 Å². The monoisotopic (exact) mass is 364 g/mol. The summed E-state index contributed by atoms with van der Waals surface area (Å²) in [6.07, 6.45) is 0. The summed E-state index contributed by atoms with van der Waals surface area (Å²) in [5.41, 5.74) is 1.23. The maximum absolute atomic E-state index is 12.0. The first-order chi connectivity index (χ1) is 10.1. The van der Waals surface area contributed by atoms with Gasteiger partial charge in [0.1, 0.15) is 5.75 Å². The smallest absolute Gasteiger partial charge is 0.257 e. The van der Waals surface area contributed by atoms with Gasteiger partial charge in [-0.3, -0.25) is 10.1 Å². The SMILES string of the molecule is COc1ccccc1NC(=S)NC(=O)c1ccc(Br)cc1. The van der Waals surface area contributed by atoms with E-state index < -0.39 is 0 Å². The molecule has 0 aliphatic rings. The molecule has 2 aromatic carbocycles. The molecule has 0 aromatic heterocycles. The van der Waals surface area contributed by atoms with Gasteiger partial charge in [0.05, 0.1) is 12.8 Å². The highest BCUT2D eigenvalue weighted by Gasteiger charge is 2.09. The molecule has 2 N–H and O–H groups in total. The van der Waals surface area contributed by atoms with E-state index in [0.29, 0.717) is 17.0 Å². The van der Waals surface area contributed by atoms with E-state index >= 15 is 0 Å². The number of hydrogen-bond donors (Lipinski definition) is 2.